The average molecular weight is 1010 g/mol. The summed E-state index contributed by atoms with van der Waals surface area (Å²) in [7, 11) is -3.06. The summed E-state index contributed by atoms with van der Waals surface area (Å²) in [5, 5.41) is 19.0. The Hall–Kier alpha value is -2.78. The van der Waals surface area contributed by atoms with Crippen molar-refractivity contribution in [2.45, 2.75) is 239 Å². The van der Waals surface area contributed by atoms with Crippen LogP contribution in [0.1, 0.15) is 216 Å². The largest absolute Gasteiger partial charge is 0.399 e. The number of aliphatic hydroxyl groups excluding tert-OH is 1. The van der Waals surface area contributed by atoms with Crippen molar-refractivity contribution in [1.82, 2.24) is 10.6 Å². The van der Waals surface area contributed by atoms with Gasteiger partial charge in [-0.25, -0.2) is 0 Å². The highest BCUT2D eigenvalue weighted by molar-refractivity contribution is 6.99. The predicted molar refractivity (Wildman–Crippen MR) is 303 cm³/mol. The molecule has 72 heavy (non-hydrogen) atoms. The lowest BCUT2D eigenvalue weighted by Gasteiger charge is -2.61. The second kappa shape index (κ2) is 28.4. The molecule has 0 radical (unpaired) electrons. The molecule has 4 aliphatic carbocycles. The van der Waals surface area contributed by atoms with Crippen LogP contribution in [0.25, 0.3) is 0 Å². The lowest BCUT2D eigenvalue weighted by molar-refractivity contribution is -0.143. The summed E-state index contributed by atoms with van der Waals surface area (Å²) in [6.45, 7) is 18.5. The molecular formula is C64H104N2O5Si. The van der Waals surface area contributed by atoms with Gasteiger partial charge in [-0.05, 0) is 139 Å². The SMILES string of the molecule is CCCCCCCCCCCCC/C=C/[C@@H](O[Si](c1ccccc1)(c1ccccc1)C(C)(C)C)[C@H](CO)NC(=O)CNC(=O)CO[C@H]1CC[C@@]2(C)C(CCC3C2CC[C@@]2(C)C3CC[C@@H]2CCCCC(C)C)C1. The first-order valence-electron chi connectivity index (χ1n) is 29.9. The Labute approximate surface area is 441 Å². The van der Waals surface area contributed by atoms with E-state index in [1.54, 1.807) is 0 Å². The highest BCUT2D eigenvalue weighted by Gasteiger charge is 2.60. The van der Waals surface area contributed by atoms with Gasteiger partial charge in [0, 0.05) is 0 Å². The molecular weight excluding hydrogens is 905 g/mol. The van der Waals surface area contributed by atoms with E-state index in [0.717, 1.165) is 65.6 Å². The molecule has 2 aromatic rings. The zero-order valence-corrected chi connectivity index (χ0v) is 48.0. The maximum absolute atomic E-state index is 13.8. The normalized spacial score (nSPS) is 27.2. The summed E-state index contributed by atoms with van der Waals surface area (Å²) in [5.74, 6) is 4.33. The maximum Gasteiger partial charge on any atom is 0.261 e. The van der Waals surface area contributed by atoms with E-state index in [2.05, 4.69) is 127 Å². The molecule has 0 bridgehead atoms. The highest BCUT2D eigenvalue weighted by atomic mass is 28.4. The van der Waals surface area contributed by atoms with Crippen LogP contribution in [-0.2, 0) is 18.8 Å². The van der Waals surface area contributed by atoms with Crippen molar-refractivity contribution >= 4 is 30.5 Å². The molecule has 4 fully saturated rings. The Bertz CT molecular complexity index is 1880. The molecule has 4 unspecified atom stereocenters. The zero-order chi connectivity index (χ0) is 51.6. The molecule has 3 N–H and O–H groups in total. The first-order valence-corrected chi connectivity index (χ1v) is 31.8. The number of rotatable bonds is 30. The summed E-state index contributed by atoms with van der Waals surface area (Å²) >= 11 is 0. The average Bonchev–Trinajstić information content (AvgIpc) is 3.71. The molecule has 4 saturated carbocycles. The minimum atomic E-state index is -3.06. The predicted octanol–water partition coefficient (Wildman–Crippen LogP) is 14.0. The molecule has 2 amide bonds. The fourth-order valence-corrected chi connectivity index (χ4v) is 19.8. The van der Waals surface area contributed by atoms with Crippen molar-refractivity contribution in [2.24, 2.45) is 46.3 Å². The second-order valence-corrected chi connectivity index (χ2v) is 29.7. The zero-order valence-electron chi connectivity index (χ0n) is 47.0. The number of benzene rings is 2. The number of carbonyl (C=O) groups is 2. The fourth-order valence-electron chi connectivity index (χ4n) is 15.1. The van der Waals surface area contributed by atoms with Gasteiger partial charge in [-0.2, -0.15) is 0 Å². The Kier molecular flexibility index (Phi) is 23.0. The van der Waals surface area contributed by atoms with Gasteiger partial charge in [-0.3, -0.25) is 9.59 Å². The van der Waals surface area contributed by atoms with E-state index in [1.807, 2.05) is 12.1 Å². The quantitative estimate of drug-likeness (QED) is 0.0412. The molecule has 0 heterocycles. The van der Waals surface area contributed by atoms with Gasteiger partial charge >= 0.3 is 0 Å². The van der Waals surface area contributed by atoms with Crippen molar-refractivity contribution in [1.29, 1.82) is 0 Å². The first kappa shape index (κ1) is 58.5. The summed E-state index contributed by atoms with van der Waals surface area (Å²) in [5.41, 5.74) is 0.901. The molecule has 8 heteroatoms. The van der Waals surface area contributed by atoms with Gasteiger partial charge in [0.2, 0.25) is 11.8 Å². The lowest BCUT2D eigenvalue weighted by Crippen LogP contribution is -2.69. The number of carbonyl (C=O) groups excluding carboxylic acids is 2. The summed E-state index contributed by atoms with van der Waals surface area (Å²) < 4.78 is 13.9. The molecule has 10 atom stereocenters. The molecule has 0 saturated heterocycles. The molecule has 0 aromatic heterocycles. The third kappa shape index (κ3) is 15.2. The minimum absolute atomic E-state index is 0.0444. The number of nitrogens with one attached hydrogen (secondary N) is 2. The maximum atomic E-state index is 13.8. The van der Waals surface area contributed by atoms with Crippen LogP contribution in [0, 0.1) is 46.3 Å². The van der Waals surface area contributed by atoms with Crippen LogP contribution in [-0.4, -0.2) is 63.2 Å². The molecule has 4 aliphatic rings. The van der Waals surface area contributed by atoms with E-state index in [4.69, 9.17) is 9.16 Å². The van der Waals surface area contributed by atoms with Gasteiger partial charge in [0.25, 0.3) is 8.32 Å². The smallest absolute Gasteiger partial charge is 0.261 e. The molecule has 7 nitrogen and oxygen atoms in total. The van der Waals surface area contributed by atoms with Gasteiger partial charge in [0.05, 0.1) is 31.4 Å². The Morgan fingerprint density at radius 3 is 1.97 bits per heavy atom. The molecule has 0 spiro atoms. The number of amides is 2. The molecule has 404 valence electrons. The molecule has 6 rings (SSSR count). The van der Waals surface area contributed by atoms with Crippen molar-refractivity contribution in [2.75, 3.05) is 19.8 Å². The Morgan fingerprint density at radius 2 is 1.36 bits per heavy atom. The Balaban J connectivity index is 1.02. The van der Waals surface area contributed by atoms with Crippen molar-refractivity contribution in [3.05, 3.63) is 72.8 Å². The molecule has 2 aromatic carbocycles. The van der Waals surface area contributed by atoms with Gasteiger partial charge < -0.3 is 24.9 Å². The summed E-state index contributed by atoms with van der Waals surface area (Å²) in [4.78, 5) is 27.1. The van der Waals surface area contributed by atoms with Crippen molar-refractivity contribution in [3.8, 4) is 0 Å². The van der Waals surface area contributed by atoms with Gasteiger partial charge in [0.1, 0.15) is 6.61 Å². The Morgan fingerprint density at radius 1 is 0.750 bits per heavy atom. The van der Waals surface area contributed by atoms with Crippen LogP contribution >= 0.6 is 0 Å². The monoisotopic (exact) mass is 1010 g/mol. The van der Waals surface area contributed by atoms with E-state index in [1.165, 1.54) is 135 Å². The van der Waals surface area contributed by atoms with Gasteiger partial charge in [-0.15, -0.1) is 0 Å². The van der Waals surface area contributed by atoms with Crippen LogP contribution in [0.3, 0.4) is 0 Å². The summed E-state index contributed by atoms with van der Waals surface area (Å²) in [6.07, 6.45) is 36.0. The second-order valence-electron chi connectivity index (χ2n) is 25.5. The number of ether oxygens (including phenoxy) is 1. The number of fused-ring (bicyclic) bond motifs is 5. The van der Waals surface area contributed by atoms with Crippen LogP contribution in [0.4, 0.5) is 0 Å². The van der Waals surface area contributed by atoms with Gasteiger partial charge in [0.15, 0.2) is 0 Å². The van der Waals surface area contributed by atoms with Crippen molar-refractivity contribution in [3.63, 3.8) is 0 Å². The van der Waals surface area contributed by atoms with Crippen LogP contribution < -0.4 is 21.0 Å². The van der Waals surface area contributed by atoms with Crippen LogP contribution in [0.15, 0.2) is 72.8 Å². The number of hydrogen-bond donors (Lipinski definition) is 3. The third-order valence-corrected chi connectivity index (χ3v) is 24.3. The van der Waals surface area contributed by atoms with E-state index in [-0.39, 0.29) is 42.7 Å². The minimum Gasteiger partial charge on any atom is -0.399 e. The topological polar surface area (TPSA) is 96.9 Å². The van der Waals surface area contributed by atoms with E-state index < -0.39 is 20.5 Å². The lowest BCUT2D eigenvalue weighted by atomic mass is 9.44. The number of unbranched alkanes of at least 4 members (excludes halogenated alkanes) is 12. The van der Waals surface area contributed by atoms with Crippen LogP contribution in [0.5, 0.6) is 0 Å². The standard InChI is InChI=1S/C64H104N2O5Si/c1-9-10-11-12-13-14-15-16-17-18-19-20-27-36-59(71-72(62(4,5)6,53-32-23-21-24-33-53)54-34-25-22-26-35-54)58(47-67)66-60(68)46-65-61(69)48-70-52-41-43-64(8)51(45-52)37-39-55-56-40-38-50(31-29-28-30-49(2)3)63(56,7)44-42-57(55)64/h21-27,32-36,49-52,55-59,67H,9-20,28-31,37-48H2,1-8H3,(H,65,69)(H,66,68)/b36-27+/t50-,51?,52-,55?,56?,57?,58-,59+,63+,64-/m0/s1. The van der Waals surface area contributed by atoms with E-state index in [0.29, 0.717) is 16.7 Å². The van der Waals surface area contributed by atoms with E-state index >= 15 is 0 Å². The fraction of sp³-hybridized carbons (Fsp3) is 0.750. The third-order valence-electron chi connectivity index (χ3n) is 19.3. The number of aliphatic hydroxyl groups is 1. The highest BCUT2D eigenvalue weighted by Crippen LogP contribution is 2.68. The van der Waals surface area contributed by atoms with Crippen LogP contribution in [0.2, 0.25) is 5.04 Å². The van der Waals surface area contributed by atoms with Crippen molar-refractivity contribution < 1.29 is 23.9 Å². The first-order chi connectivity index (χ1) is 34.7. The number of allylic oxidation sites excluding steroid dienone is 1. The molecule has 0 aliphatic heterocycles. The van der Waals surface area contributed by atoms with Gasteiger partial charge in [-0.1, -0.05) is 212 Å². The summed E-state index contributed by atoms with van der Waals surface area (Å²) in [6, 6.07) is 20.3. The number of hydrogen-bond acceptors (Lipinski definition) is 5. The van der Waals surface area contributed by atoms with E-state index in [9.17, 15) is 14.7 Å².